The summed E-state index contributed by atoms with van der Waals surface area (Å²) >= 11 is 1.31. The zero-order valence-corrected chi connectivity index (χ0v) is 15.7. The lowest BCUT2D eigenvalue weighted by Crippen LogP contribution is -2.12. The maximum atomic E-state index is 12.7. The molecule has 1 aliphatic rings. The summed E-state index contributed by atoms with van der Waals surface area (Å²) < 4.78 is 4.67. The number of nitrogens with one attached hydrogen (secondary N) is 1. The van der Waals surface area contributed by atoms with Crippen molar-refractivity contribution >= 4 is 44.8 Å². The molecule has 3 N–H and O–H groups in total. The van der Waals surface area contributed by atoms with Gasteiger partial charge in [-0.25, -0.2) is 9.78 Å². The Balaban J connectivity index is 1.61. The van der Waals surface area contributed by atoms with E-state index in [1.807, 2.05) is 0 Å². The second-order valence-corrected chi connectivity index (χ2v) is 7.52. The van der Waals surface area contributed by atoms with Gasteiger partial charge in [0.2, 0.25) is 0 Å². The number of aromatic nitrogens is 1. The van der Waals surface area contributed by atoms with Gasteiger partial charge >= 0.3 is 5.97 Å². The van der Waals surface area contributed by atoms with Crippen LogP contribution >= 0.6 is 11.3 Å². The van der Waals surface area contributed by atoms with Gasteiger partial charge in [0.05, 0.1) is 18.4 Å². The highest BCUT2D eigenvalue weighted by molar-refractivity contribution is 7.21. The number of pyridine rings is 1. The number of anilines is 2. The molecule has 7 heteroatoms. The number of nitrogen functional groups attached to an aromatic ring is 1. The molecule has 0 spiro atoms. The number of amides is 1. The monoisotopic (exact) mass is 381 g/mol. The first-order valence-electron chi connectivity index (χ1n) is 8.77. The standard InChI is InChI=1S/C20H19N3O3S/c1-26-20(25)11-6-8-13(9-7-11)22-18(24)17-16(21)14-10-12-4-2-3-5-15(12)23-19(14)27-17/h6-10H,2-5,21H2,1H3,(H,22,24). The van der Waals surface area contributed by atoms with E-state index in [4.69, 9.17) is 10.7 Å². The Kier molecular flexibility index (Phi) is 4.53. The zero-order chi connectivity index (χ0) is 19.0. The summed E-state index contributed by atoms with van der Waals surface area (Å²) in [7, 11) is 1.33. The highest BCUT2D eigenvalue weighted by atomic mass is 32.1. The molecule has 0 saturated heterocycles. The SMILES string of the molecule is COC(=O)c1ccc(NC(=O)c2sc3nc4c(cc3c2N)CCCC4)cc1. The predicted molar refractivity (Wildman–Crippen MR) is 106 cm³/mol. The molecule has 27 heavy (non-hydrogen) atoms. The summed E-state index contributed by atoms with van der Waals surface area (Å²) in [5.74, 6) is -0.698. The Labute approximate surface area is 160 Å². The van der Waals surface area contributed by atoms with Gasteiger partial charge in [-0.15, -0.1) is 11.3 Å². The fourth-order valence-electron chi connectivity index (χ4n) is 3.32. The van der Waals surface area contributed by atoms with Crippen molar-refractivity contribution in [2.45, 2.75) is 25.7 Å². The van der Waals surface area contributed by atoms with Crippen LogP contribution in [-0.4, -0.2) is 24.0 Å². The molecule has 0 aliphatic heterocycles. The van der Waals surface area contributed by atoms with E-state index in [-0.39, 0.29) is 5.91 Å². The van der Waals surface area contributed by atoms with Crippen molar-refractivity contribution in [1.29, 1.82) is 0 Å². The van der Waals surface area contributed by atoms with Crippen molar-refractivity contribution in [3.05, 3.63) is 52.0 Å². The Bertz CT molecular complexity index is 1040. The van der Waals surface area contributed by atoms with E-state index < -0.39 is 5.97 Å². The van der Waals surface area contributed by atoms with Crippen LogP contribution in [0.15, 0.2) is 30.3 Å². The van der Waals surface area contributed by atoms with E-state index >= 15 is 0 Å². The number of carbonyl (C=O) groups excluding carboxylic acids is 2. The van der Waals surface area contributed by atoms with E-state index in [1.165, 1.54) is 30.4 Å². The van der Waals surface area contributed by atoms with Crippen LogP contribution in [0.1, 0.15) is 44.1 Å². The lowest BCUT2D eigenvalue weighted by molar-refractivity contribution is 0.0600. The number of carbonyl (C=O) groups is 2. The van der Waals surface area contributed by atoms with Crippen LogP contribution in [0.2, 0.25) is 0 Å². The first kappa shape index (κ1) is 17.5. The third-order valence-corrected chi connectivity index (χ3v) is 5.88. The first-order chi connectivity index (χ1) is 13.1. The second-order valence-electron chi connectivity index (χ2n) is 6.52. The van der Waals surface area contributed by atoms with Crippen molar-refractivity contribution in [1.82, 2.24) is 4.98 Å². The van der Waals surface area contributed by atoms with Crippen molar-refractivity contribution in [2.24, 2.45) is 0 Å². The summed E-state index contributed by atoms with van der Waals surface area (Å²) in [4.78, 5) is 30.2. The fourth-order valence-corrected chi connectivity index (χ4v) is 4.32. The number of benzene rings is 1. The first-order valence-corrected chi connectivity index (χ1v) is 9.59. The van der Waals surface area contributed by atoms with Gasteiger partial charge in [-0.3, -0.25) is 4.79 Å². The van der Waals surface area contributed by atoms with E-state index in [2.05, 4.69) is 16.1 Å². The molecule has 0 bridgehead atoms. The van der Waals surface area contributed by atoms with Crippen LogP contribution in [-0.2, 0) is 17.6 Å². The fraction of sp³-hybridized carbons (Fsp3) is 0.250. The zero-order valence-electron chi connectivity index (χ0n) is 14.9. The molecule has 0 fully saturated rings. The van der Waals surface area contributed by atoms with Crippen LogP contribution in [0.4, 0.5) is 11.4 Å². The van der Waals surface area contributed by atoms with Gasteiger partial charge in [-0.1, -0.05) is 0 Å². The largest absolute Gasteiger partial charge is 0.465 e. The average Bonchev–Trinajstić information content (AvgIpc) is 3.02. The second kappa shape index (κ2) is 7.00. The van der Waals surface area contributed by atoms with Gasteiger partial charge < -0.3 is 15.8 Å². The number of hydrogen-bond acceptors (Lipinski definition) is 6. The van der Waals surface area contributed by atoms with E-state index in [1.54, 1.807) is 24.3 Å². The minimum atomic E-state index is -0.420. The summed E-state index contributed by atoms with van der Waals surface area (Å²) in [6.45, 7) is 0. The van der Waals surface area contributed by atoms with E-state index in [9.17, 15) is 9.59 Å². The van der Waals surface area contributed by atoms with Crippen molar-refractivity contribution in [3.8, 4) is 0 Å². The van der Waals surface area contributed by atoms with Gasteiger partial charge in [0.1, 0.15) is 9.71 Å². The van der Waals surface area contributed by atoms with Gasteiger partial charge in [0.15, 0.2) is 0 Å². The summed E-state index contributed by atoms with van der Waals surface area (Å²) in [5, 5.41) is 3.68. The molecule has 138 valence electrons. The van der Waals surface area contributed by atoms with E-state index in [0.717, 1.165) is 35.2 Å². The molecule has 1 aliphatic carbocycles. The number of methoxy groups -OCH3 is 1. The van der Waals surface area contributed by atoms with Crippen LogP contribution in [0, 0.1) is 0 Å². The third-order valence-electron chi connectivity index (χ3n) is 4.77. The van der Waals surface area contributed by atoms with E-state index in [0.29, 0.717) is 21.8 Å². The molecule has 4 rings (SSSR count). The van der Waals surface area contributed by atoms with Crippen LogP contribution in [0.5, 0.6) is 0 Å². The Hall–Kier alpha value is -2.93. The summed E-state index contributed by atoms with van der Waals surface area (Å²) in [5.41, 5.74) is 10.1. The summed E-state index contributed by atoms with van der Waals surface area (Å²) in [6.07, 6.45) is 4.32. The molecule has 2 heterocycles. The van der Waals surface area contributed by atoms with Crippen molar-refractivity contribution < 1.29 is 14.3 Å². The van der Waals surface area contributed by atoms with Crippen LogP contribution < -0.4 is 11.1 Å². The Morgan fingerprint density at radius 3 is 2.67 bits per heavy atom. The van der Waals surface area contributed by atoms with Crippen molar-refractivity contribution in [2.75, 3.05) is 18.2 Å². The summed E-state index contributed by atoms with van der Waals surface area (Å²) in [6, 6.07) is 8.61. The number of hydrogen-bond donors (Lipinski definition) is 2. The number of nitrogens with zero attached hydrogens (tertiary/aromatic N) is 1. The maximum absolute atomic E-state index is 12.7. The minimum Gasteiger partial charge on any atom is -0.465 e. The Morgan fingerprint density at radius 1 is 1.19 bits per heavy atom. The molecule has 0 radical (unpaired) electrons. The van der Waals surface area contributed by atoms with Crippen LogP contribution in [0.25, 0.3) is 10.2 Å². The molecule has 0 atom stereocenters. The number of thiophene rings is 1. The number of ether oxygens (including phenoxy) is 1. The van der Waals surface area contributed by atoms with Gasteiger partial charge in [0, 0.05) is 16.8 Å². The Morgan fingerprint density at radius 2 is 1.93 bits per heavy atom. The smallest absolute Gasteiger partial charge is 0.337 e. The van der Waals surface area contributed by atoms with Gasteiger partial charge in [-0.05, 0) is 61.6 Å². The lowest BCUT2D eigenvalue weighted by atomic mass is 9.95. The molecule has 6 nitrogen and oxygen atoms in total. The quantitative estimate of drug-likeness (QED) is 0.673. The molecule has 1 aromatic carbocycles. The molecule has 0 unspecified atom stereocenters. The number of aryl methyl sites for hydroxylation is 2. The normalized spacial score (nSPS) is 13.2. The highest BCUT2D eigenvalue weighted by Crippen LogP contribution is 2.35. The predicted octanol–water partition coefficient (Wildman–Crippen LogP) is 3.80. The minimum absolute atomic E-state index is 0.278. The topological polar surface area (TPSA) is 94.3 Å². The maximum Gasteiger partial charge on any atom is 0.337 e. The molecule has 0 saturated carbocycles. The number of rotatable bonds is 3. The number of fused-ring (bicyclic) bond motifs is 2. The third kappa shape index (κ3) is 3.26. The van der Waals surface area contributed by atoms with Crippen molar-refractivity contribution in [3.63, 3.8) is 0 Å². The van der Waals surface area contributed by atoms with Gasteiger partial charge in [0.25, 0.3) is 5.91 Å². The molecule has 3 aromatic rings. The molecule has 1 amide bonds. The molecular formula is C20H19N3O3S. The highest BCUT2D eigenvalue weighted by Gasteiger charge is 2.20. The number of esters is 1. The molecule has 2 aromatic heterocycles. The number of nitrogens with two attached hydrogens (primary N) is 1. The molecular weight excluding hydrogens is 362 g/mol. The van der Waals surface area contributed by atoms with Crippen LogP contribution in [0.3, 0.4) is 0 Å². The lowest BCUT2D eigenvalue weighted by Gasteiger charge is -2.14. The average molecular weight is 381 g/mol. The van der Waals surface area contributed by atoms with Gasteiger partial charge in [-0.2, -0.15) is 0 Å².